The Morgan fingerprint density at radius 1 is 1.10 bits per heavy atom. The van der Waals surface area contributed by atoms with Gasteiger partial charge in [0.25, 0.3) is 11.8 Å². The Morgan fingerprint density at radius 2 is 1.83 bits per heavy atom. The highest BCUT2D eigenvalue weighted by atomic mass is 16.2. The van der Waals surface area contributed by atoms with Crippen LogP contribution in [0.4, 0.5) is 0 Å². The van der Waals surface area contributed by atoms with Gasteiger partial charge in [-0.1, -0.05) is 30.3 Å². The number of benzene rings is 2. The van der Waals surface area contributed by atoms with Gasteiger partial charge in [-0.15, -0.1) is 0 Å². The Balaban J connectivity index is 1.99. The van der Waals surface area contributed by atoms with E-state index in [9.17, 15) is 14.9 Å². The summed E-state index contributed by atoms with van der Waals surface area (Å²) < 4.78 is 0. The summed E-state index contributed by atoms with van der Waals surface area (Å²) in [4.78, 5) is 27.6. The highest BCUT2D eigenvalue weighted by Crippen LogP contribution is 2.30. The summed E-state index contributed by atoms with van der Waals surface area (Å²) in [5.41, 5.74) is 1.94. The van der Waals surface area contributed by atoms with E-state index in [0.717, 1.165) is 5.56 Å². The van der Waals surface area contributed by atoms with E-state index in [0.29, 0.717) is 22.3 Å². The molecule has 1 N–H and O–H groups in total. The van der Waals surface area contributed by atoms with Crippen molar-refractivity contribution in [1.29, 1.82) is 10.5 Å². The first kappa shape index (κ1) is 19.9. The van der Waals surface area contributed by atoms with Crippen LogP contribution in [0.5, 0.6) is 0 Å². The largest absolute Gasteiger partial charge is 0.326 e. The van der Waals surface area contributed by atoms with Crippen molar-refractivity contribution in [1.82, 2.24) is 10.2 Å². The molecule has 1 saturated heterocycles. The van der Waals surface area contributed by atoms with Crippen LogP contribution < -0.4 is 5.32 Å². The molecular formula is C23H20N4O2. The minimum absolute atomic E-state index is 0.170. The van der Waals surface area contributed by atoms with Crippen molar-refractivity contribution in [3.8, 4) is 12.1 Å². The predicted molar refractivity (Wildman–Crippen MR) is 108 cm³/mol. The van der Waals surface area contributed by atoms with Gasteiger partial charge in [0.1, 0.15) is 11.2 Å². The number of amides is 2. The highest BCUT2D eigenvalue weighted by Gasteiger charge is 2.46. The first-order valence-corrected chi connectivity index (χ1v) is 9.11. The van der Waals surface area contributed by atoms with E-state index in [1.807, 2.05) is 6.07 Å². The number of hydrogen-bond acceptors (Lipinski definition) is 4. The molecule has 6 heteroatoms. The summed E-state index contributed by atoms with van der Waals surface area (Å²) in [5, 5.41) is 21.2. The van der Waals surface area contributed by atoms with Crippen molar-refractivity contribution < 1.29 is 9.59 Å². The third-order valence-corrected chi connectivity index (χ3v) is 5.42. The fourth-order valence-electron chi connectivity index (χ4n) is 3.49. The van der Waals surface area contributed by atoms with Gasteiger partial charge in [0, 0.05) is 13.5 Å². The van der Waals surface area contributed by atoms with Crippen molar-refractivity contribution >= 4 is 17.4 Å². The Labute approximate surface area is 169 Å². The zero-order valence-corrected chi connectivity index (χ0v) is 16.5. The van der Waals surface area contributed by atoms with Crippen LogP contribution in [0.25, 0.3) is 5.57 Å². The van der Waals surface area contributed by atoms with Crippen LogP contribution in [0.15, 0.2) is 54.2 Å². The maximum absolute atomic E-state index is 13.1. The SMILES string of the molecule is CC(=C1NC(=O)C(C)(Cc2cccc(C#N)c2)N(C)C1=O)c1ccccc1C#N. The van der Waals surface area contributed by atoms with Gasteiger partial charge in [-0.25, -0.2) is 0 Å². The summed E-state index contributed by atoms with van der Waals surface area (Å²) >= 11 is 0. The van der Waals surface area contributed by atoms with Crippen LogP contribution in [0.2, 0.25) is 0 Å². The zero-order valence-electron chi connectivity index (χ0n) is 16.5. The maximum Gasteiger partial charge on any atom is 0.271 e. The van der Waals surface area contributed by atoms with Crippen molar-refractivity contribution in [2.24, 2.45) is 0 Å². The minimum Gasteiger partial charge on any atom is -0.326 e. The van der Waals surface area contributed by atoms with Gasteiger partial charge < -0.3 is 10.2 Å². The summed E-state index contributed by atoms with van der Waals surface area (Å²) in [6.07, 6.45) is 0.275. The monoisotopic (exact) mass is 384 g/mol. The number of allylic oxidation sites excluding steroid dienone is 1. The second kappa shape index (κ2) is 7.61. The van der Waals surface area contributed by atoms with Crippen molar-refractivity contribution in [2.45, 2.75) is 25.8 Å². The van der Waals surface area contributed by atoms with Gasteiger partial charge >= 0.3 is 0 Å². The molecular weight excluding hydrogens is 364 g/mol. The minimum atomic E-state index is -1.11. The van der Waals surface area contributed by atoms with Gasteiger partial charge in [0.15, 0.2) is 0 Å². The molecule has 144 valence electrons. The molecule has 0 radical (unpaired) electrons. The Bertz CT molecular complexity index is 1120. The van der Waals surface area contributed by atoms with Crippen LogP contribution in [0.3, 0.4) is 0 Å². The van der Waals surface area contributed by atoms with E-state index < -0.39 is 5.54 Å². The second-order valence-electron chi connectivity index (χ2n) is 7.24. The molecule has 1 fully saturated rings. The fraction of sp³-hybridized carbons (Fsp3) is 0.217. The molecule has 2 amide bonds. The molecule has 2 aromatic carbocycles. The molecule has 1 atom stereocenters. The predicted octanol–water partition coefficient (Wildman–Crippen LogP) is 2.75. The van der Waals surface area contributed by atoms with E-state index in [4.69, 9.17) is 5.26 Å². The molecule has 1 unspecified atom stereocenters. The lowest BCUT2D eigenvalue weighted by atomic mass is 9.86. The van der Waals surface area contributed by atoms with Gasteiger partial charge in [-0.05, 0) is 48.7 Å². The van der Waals surface area contributed by atoms with Gasteiger partial charge in [-0.3, -0.25) is 9.59 Å². The Hall–Kier alpha value is -3.90. The molecule has 29 heavy (non-hydrogen) atoms. The molecule has 2 aromatic rings. The number of piperazine rings is 1. The van der Waals surface area contributed by atoms with Crippen LogP contribution in [0.1, 0.15) is 36.1 Å². The van der Waals surface area contributed by atoms with E-state index in [1.54, 1.807) is 63.4 Å². The highest BCUT2D eigenvalue weighted by molar-refractivity contribution is 6.10. The standard InChI is InChI=1S/C23H20N4O2/c1-15(19-10-5-4-9-18(19)14-25)20-21(28)27(3)23(2,22(29)26-20)12-16-7-6-8-17(11-16)13-24/h4-11H,12H2,1-3H3,(H,26,29). The molecule has 0 bridgehead atoms. The van der Waals surface area contributed by atoms with Crippen LogP contribution >= 0.6 is 0 Å². The Morgan fingerprint density at radius 3 is 2.52 bits per heavy atom. The smallest absolute Gasteiger partial charge is 0.271 e. The lowest BCUT2D eigenvalue weighted by Gasteiger charge is -2.42. The summed E-state index contributed by atoms with van der Waals surface area (Å²) in [6, 6.07) is 18.2. The van der Waals surface area contributed by atoms with E-state index >= 15 is 0 Å². The maximum atomic E-state index is 13.1. The van der Waals surface area contributed by atoms with E-state index in [-0.39, 0.29) is 23.9 Å². The quantitative estimate of drug-likeness (QED) is 0.823. The number of rotatable bonds is 3. The van der Waals surface area contributed by atoms with E-state index in [2.05, 4.69) is 17.5 Å². The molecule has 6 nitrogen and oxygen atoms in total. The third-order valence-electron chi connectivity index (χ3n) is 5.42. The summed E-state index contributed by atoms with van der Waals surface area (Å²) in [6.45, 7) is 3.42. The molecule has 0 aromatic heterocycles. The number of carbonyl (C=O) groups excluding carboxylic acids is 2. The molecule has 0 aliphatic carbocycles. The first-order chi connectivity index (χ1) is 13.8. The second-order valence-corrected chi connectivity index (χ2v) is 7.24. The van der Waals surface area contributed by atoms with Crippen molar-refractivity contribution in [3.63, 3.8) is 0 Å². The average Bonchev–Trinajstić information content (AvgIpc) is 2.74. The summed E-state index contributed by atoms with van der Waals surface area (Å²) in [5.74, 6) is -0.639. The Kier molecular flexibility index (Phi) is 5.21. The molecule has 1 heterocycles. The lowest BCUT2D eigenvalue weighted by Crippen LogP contribution is -2.64. The molecule has 1 aliphatic heterocycles. The van der Waals surface area contributed by atoms with Gasteiger partial charge in [0.05, 0.1) is 23.3 Å². The van der Waals surface area contributed by atoms with Crippen molar-refractivity contribution in [2.75, 3.05) is 7.05 Å². The molecule has 1 aliphatic rings. The number of nitriles is 2. The average molecular weight is 384 g/mol. The van der Waals surface area contributed by atoms with Gasteiger partial charge in [0.2, 0.25) is 0 Å². The number of nitrogens with zero attached hydrogens (tertiary/aromatic N) is 3. The van der Waals surface area contributed by atoms with Crippen LogP contribution in [0, 0.1) is 22.7 Å². The topological polar surface area (TPSA) is 97.0 Å². The normalized spacial score (nSPS) is 20.5. The molecule has 3 rings (SSSR count). The molecule has 0 saturated carbocycles. The lowest BCUT2D eigenvalue weighted by molar-refractivity contribution is -0.147. The number of hydrogen-bond donors (Lipinski definition) is 1. The number of nitrogens with one attached hydrogen (secondary N) is 1. The number of likely N-dealkylation sites (N-methyl/N-ethyl adjacent to an activating group) is 1. The number of carbonyl (C=O) groups is 2. The van der Waals surface area contributed by atoms with Crippen LogP contribution in [-0.2, 0) is 16.0 Å². The van der Waals surface area contributed by atoms with E-state index in [1.165, 1.54) is 4.90 Å². The third kappa shape index (κ3) is 3.49. The fourth-order valence-corrected chi connectivity index (χ4v) is 3.49. The summed E-state index contributed by atoms with van der Waals surface area (Å²) in [7, 11) is 1.60. The molecule has 0 spiro atoms. The zero-order chi connectivity index (χ0) is 21.2. The van der Waals surface area contributed by atoms with Gasteiger partial charge in [-0.2, -0.15) is 10.5 Å². The van der Waals surface area contributed by atoms with Crippen molar-refractivity contribution in [3.05, 3.63) is 76.5 Å². The first-order valence-electron chi connectivity index (χ1n) is 9.11. The van der Waals surface area contributed by atoms with Crippen LogP contribution in [-0.4, -0.2) is 29.3 Å².